The van der Waals surface area contributed by atoms with Gasteiger partial charge in [0, 0.05) is 36.1 Å². The van der Waals surface area contributed by atoms with Crippen molar-refractivity contribution in [3.05, 3.63) is 64.8 Å². The fourth-order valence-corrected chi connectivity index (χ4v) is 4.55. The summed E-state index contributed by atoms with van der Waals surface area (Å²) in [6, 6.07) is 12.0. The van der Waals surface area contributed by atoms with Gasteiger partial charge in [-0.15, -0.1) is 11.3 Å². The van der Waals surface area contributed by atoms with E-state index in [2.05, 4.69) is 11.1 Å². The van der Waals surface area contributed by atoms with E-state index >= 15 is 0 Å². The number of carbonyl (C=O) groups excluding carboxylic acids is 2. The van der Waals surface area contributed by atoms with Gasteiger partial charge in [-0.25, -0.2) is 9.37 Å². The molecular weight excluding hydrogens is 413 g/mol. The van der Waals surface area contributed by atoms with Gasteiger partial charge in [-0.05, 0) is 42.7 Å². The third kappa shape index (κ3) is 4.10. The first-order valence-corrected chi connectivity index (χ1v) is 11.2. The number of aromatic nitrogens is 1. The zero-order valence-corrected chi connectivity index (χ0v) is 18.6. The number of benzene rings is 2. The van der Waals surface area contributed by atoms with Crippen LogP contribution in [0.25, 0.3) is 11.3 Å². The predicted octanol–water partition coefficient (Wildman–Crippen LogP) is 5.16. The first kappa shape index (κ1) is 21.2. The van der Waals surface area contributed by atoms with Gasteiger partial charge in [0.1, 0.15) is 5.82 Å². The van der Waals surface area contributed by atoms with Gasteiger partial charge in [-0.1, -0.05) is 32.0 Å². The number of fused-ring (bicyclic) bond motifs is 1. The van der Waals surface area contributed by atoms with Gasteiger partial charge < -0.3 is 4.90 Å². The monoisotopic (exact) mass is 437 g/mol. The molecular formula is C24H24FN3O2S. The van der Waals surface area contributed by atoms with Crippen LogP contribution in [0.4, 0.5) is 15.2 Å². The molecule has 3 aromatic rings. The molecule has 4 rings (SSSR count). The smallest absolute Gasteiger partial charge is 0.262 e. The Bertz CT molecular complexity index is 1140. The van der Waals surface area contributed by atoms with E-state index in [1.165, 1.54) is 28.4 Å². The summed E-state index contributed by atoms with van der Waals surface area (Å²) in [4.78, 5) is 33.1. The number of halogens is 1. The molecule has 0 spiro atoms. The van der Waals surface area contributed by atoms with Gasteiger partial charge in [0.2, 0.25) is 5.91 Å². The molecule has 1 aliphatic heterocycles. The Morgan fingerprint density at radius 3 is 2.71 bits per heavy atom. The van der Waals surface area contributed by atoms with Gasteiger partial charge in [0.25, 0.3) is 5.91 Å². The average molecular weight is 438 g/mol. The molecule has 31 heavy (non-hydrogen) atoms. The molecule has 0 N–H and O–H groups in total. The van der Waals surface area contributed by atoms with Crippen LogP contribution in [0.2, 0.25) is 0 Å². The summed E-state index contributed by atoms with van der Waals surface area (Å²) in [6.07, 6.45) is 1.84. The third-order valence-corrected chi connectivity index (χ3v) is 6.36. The summed E-state index contributed by atoms with van der Waals surface area (Å²) < 4.78 is 14.0. The first-order valence-electron chi connectivity index (χ1n) is 10.3. The molecule has 0 unspecified atom stereocenters. The van der Waals surface area contributed by atoms with Crippen molar-refractivity contribution < 1.29 is 14.0 Å². The van der Waals surface area contributed by atoms with Crippen LogP contribution in [0, 0.1) is 11.7 Å². The number of nitrogens with zero attached hydrogens (tertiary/aromatic N) is 3. The molecule has 0 radical (unpaired) electrons. The second-order valence-electron chi connectivity index (χ2n) is 7.95. The maximum absolute atomic E-state index is 14.0. The third-order valence-electron chi connectivity index (χ3n) is 5.44. The Kier molecular flexibility index (Phi) is 5.87. The molecule has 2 amide bonds. The van der Waals surface area contributed by atoms with Crippen LogP contribution in [-0.2, 0) is 11.2 Å². The van der Waals surface area contributed by atoms with Crippen LogP contribution >= 0.6 is 11.3 Å². The molecule has 1 aliphatic rings. The van der Waals surface area contributed by atoms with E-state index in [9.17, 15) is 14.0 Å². The fraction of sp³-hybridized carbons (Fsp3) is 0.292. The quantitative estimate of drug-likeness (QED) is 0.566. The second kappa shape index (κ2) is 8.59. The van der Waals surface area contributed by atoms with Gasteiger partial charge in [0.05, 0.1) is 11.3 Å². The molecule has 0 bridgehead atoms. The second-order valence-corrected chi connectivity index (χ2v) is 8.79. The van der Waals surface area contributed by atoms with E-state index in [1.54, 1.807) is 19.2 Å². The molecule has 0 saturated heterocycles. The van der Waals surface area contributed by atoms with Crippen LogP contribution in [0.3, 0.4) is 0 Å². The lowest BCUT2D eigenvalue weighted by Gasteiger charge is -2.31. The van der Waals surface area contributed by atoms with E-state index in [-0.39, 0.29) is 17.4 Å². The number of hydrogen-bond acceptors (Lipinski definition) is 4. The number of anilines is 2. The molecule has 0 aliphatic carbocycles. The maximum atomic E-state index is 14.0. The number of rotatable bonds is 4. The molecule has 2 heterocycles. The van der Waals surface area contributed by atoms with E-state index in [0.29, 0.717) is 5.13 Å². The highest BCUT2D eigenvalue weighted by molar-refractivity contribution is 7.14. The number of hydrogen-bond donors (Lipinski definition) is 0. The Morgan fingerprint density at radius 2 is 1.97 bits per heavy atom. The Labute approximate surface area is 185 Å². The number of thiazole rings is 1. The summed E-state index contributed by atoms with van der Waals surface area (Å²) in [7, 11) is 1.60. The van der Waals surface area contributed by atoms with Crippen LogP contribution in [-0.4, -0.2) is 30.4 Å². The Hall–Kier alpha value is -3.06. The lowest BCUT2D eigenvalue weighted by atomic mass is 9.97. The van der Waals surface area contributed by atoms with E-state index in [0.717, 1.165) is 41.9 Å². The van der Waals surface area contributed by atoms with E-state index < -0.39 is 11.7 Å². The number of carbonyl (C=O) groups is 2. The number of aryl methyl sites for hydroxylation is 1. The summed E-state index contributed by atoms with van der Waals surface area (Å²) in [5.41, 5.74) is 3.81. The first-order chi connectivity index (χ1) is 14.9. The fourth-order valence-electron chi connectivity index (χ4n) is 3.75. The zero-order valence-electron chi connectivity index (χ0n) is 17.8. The molecule has 7 heteroatoms. The topological polar surface area (TPSA) is 53.5 Å². The zero-order chi connectivity index (χ0) is 22.1. The Morgan fingerprint density at radius 1 is 1.19 bits per heavy atom. The van der Waals surface area contributed by atoms with E-state index in [1.807, 2.05) is 36.3 Å². The lowest BCUT2D eigenvalue weighted by molar-refractivity contribution is -0.121. The van der Waals surface area contributed by atoms with Crippen molar-refractivity contribution in [3.63, 3.8) is 0 Å². The lowest BCUT2D eigenvalue weighted by Crippen LogP contribution is -2.38. The summed E-state index contributed by atoms with van der Waals surface area (Å²) in [5.74, 6) is -0.897. The molecule has 0 atom stereocenters. The average Bonchev–Trinajstić information content (AvgIpc) is 3.27. The molecule has 1 aromatic heterocycles. The molecule has 160 valence electrons. The van der Waals surface area contributed by atoms with Crippen LogP contribution in [0.15, 0.2) is 47.8 Å². The van der Waals surface area contributed by atoms with Crippen molar-refractivity contribution in [2.24, 2.45) is 5.92 Å². The molecule has 2 aromatic carbocycles. The van der Waals surface area contributed by atoms with Gasteiger partial charge in [-0.3, -0.25) is 14.5 Å². The van der Waals surface area contributed by atoms with Crippen molar-refractivity contribution >= 4 is 34.0 Å². The van der Waals surface area contributed by atoms with Crippen molar-refractivity contribution in [2.45, 2.75) is 26.7 Å². The molecule has 0 fully saturated rings. The molecule has 0 saturated carbocycles. The highest BCUT2D eigenvalue weighted by Gasteiger charge is 2.25. The van der Waals surface area contributed by atoms with Gasteiger partial charge >= 0.3 is 0 Å². The minimum absolute atomic E-state index is 0.0189. The summed E-state index contributed by atoms with van der Waals surface area (Å²) in [6.45, 7) is 4.58. The predicted molar refractivity (Wildman–Crippen MR) is 122 cm³/mol. The summed E-state index contributed by atoms with van der Waals surface area (Å²) in [5, 5.41) is 2.39. The van der Waals surface area contributed by atoms with E-state index in [4.69, 9.17) is 0 Å². The standard InChI is InChI=1S/C24H24FN3O2S/c1-15(2)22(29)28-12-6-7-17-13-16(10-11-21(17)28)20-14-31-24(26-20)27(3)23(30)18-8-4-5-9-19(18)25/h4-5,8-11,13-15H,6-7,12H2,1-3H3. The van der Waals surface area contributed by atoms with Gasteiger partial charge in [0.15, 0.2) is 5.13 Å². The van der Waals surface area contributed by atoms with Crippen LogP contribution < -0.4 is 9.80 Å². The van der Waals surface area contributed by atoms with Crippen molar-refractivity contribution in [2.75, 3.05) is 23.4 Å². The SMILES string of the molecule is CC(C)C(=O)N1CCCc2cc(-c3csc(N(C)C(=O)c4ccccc4F)n3)ccc21. The maximum Gasteiger partial charge on any atom is 0.262 e. The Balaban J connectivity index is 1.59. The number of amides is 2. The normalized spacial score (nSPS) is 13.3. The summed E-state index contributed by atoms with van der Waals surface area (Å²) >= 11 is 1.34. The van der Waals surface area contributed by atoms with Crippen molar-refractivity contribution in [3.8, 4) is 11.3 Å². The highest BCUT2D eigenvalue weighted by atomic mass is 32.1. The van der Waals surface area contributed by atoms with Crippen molar-refractivity contribution in [1.29, 1.82) is 0 Å². The van der Waals surface area contributed by atoms with Crippen molar-refractivity contribution in [1.82, 2.24) is 4.98 Å². The van der Waals surface area contributed by atoms with Crippen LogP contribution in [0.1, 0.15) is 36.2 Å². The minimum atomic E-state index is -0.550. The minimum Gasteiger partial charge on any atom is -0.312 e. The van der Waals surface area contributed by atoms with Crippen LogP contribution in [0.5, 0.6) is 0 Å². The van der Waals surface area contributed by atoms with Gasteiger partial charge in [-0.2, -0.15) is 0 Å². The molecule has 5 nitrogen and oxygen atoms in total. The highest BCUT2D eigenvalue weighted by Crippen LogP contribution is 2.34. The largest absolute Gasteiger partial charge is 0.312 e.